The zero-order valence-corrected chi connectivity index (χ0v) is 17.4. The minimum Gasteiger partial charge on any atom is -0.336 e. The van der Waals surface area contributed by atoms with Crippen LogP contribution < -0.4 is 0 Å². The molecule has 1 aliphatic heterocycles. The summed E-state index contributed by atoms with van der Waals surface area (Å²) in [4.78, 5) is 27.0. The molecule has 1 saturated heterocycles. The first-order chi connectivity index (χ1) is 14.8. The van der Waals surface area contributed by atoms with Gasteiger partial charge in [0, 0.05) is 44.3 Å². The van der Waals surface area contributed by atoms with E-state index < -0.39 is 0 Å². The van der Waals surface area contributed by atoms with E-state index in [-0.39, 0.29) is 5.91 Å². The molecular weight excluding hydrogens is 392 g/mol. The molecule has 3 aromatic heterocycles. The molecule has 0 saturated carbocycles. The van der Waals surface area contributed by atoms with Gasteiger partial charge in [-0.1, -0.05) is 24.3 Å². The Bertz CT molecular complexity index is 1150. The van der Waals surface area contributed by atoms with Crippen molar-refractivity contribution in [3.8, 4) is 11.4 Å². The highest BCUT2D eigenvalue weighted by Crippen LogP contribution is 2.25. The molecular formula is C24H22N4OS. The predicted molar refractivity (Wildman–Crippen MR) is 120 cm³/mol. The maximum absolute atomic E-state index is 13.5. The molecule has 1 fully saturated rings. The van der Waals surface area contributed by atoms with E-state index in [9.17, 15) is 4.79 Å². The van der Waals surface area contributed by atoms with E-state index in [1.807, 2.05) is 53.4 Å². The van der Waals surface area contributed by atoms with Gasteiger partial charge in [0.25, 0.3) is 5.91 Å². The first-order valence-corrected chi connectivity index (χ1v) is 11.1. The summed E-state index contributed by atoms with van der Waals surface area (Å²) < 4.78 is 0. The van der Waals surface area contributed by atoms with Gasteiger partial charge in [-0.2, -0.15) is 11.3 Å². The summed E-state index contributed by atoms with van der Waals surface area (Å²) in [6.07, 6.45) is 1.75. The third kappa shape index (κ3) is 3.84. The van der Waals surface area contributed by atoms with Crippen molar-refractivity contribution < 1.29 is 4.79 Å². The van der Waals surface area contributed by atoms with E-state index in [0.717, 1.165) is 55.0 Å². The third-order valence-corrected chi connectivity index (χ3v) is 6.25. The second-order valence-electron chi connectivity index (χ2n) is 7.49. The highest BCUT2D eigenvalue weighted by Gasteiger charge is 2.24. The monoisotopic (exact) mass is 414 g/mol. The number of nitrogens with zero attached hydrogens (tertiary/aromatic N) is 4. The second kappa shape index (κ2) is 8.34. The van der Waals surface area contributed by atoms with Crippen molar-refractivity contribution in [3.05, 3.63) is 82.7 Å². The fourth-order valence-electron chi connectivity index (χ4n) is 3.92. The topological polar surface area (TPSA) is 49.3 Å². The number of pyridine rings is 2. The maximum atomic E-state index is 13.5. The lowest BCUT2D eigenvalue weighted by molar-refractivity contribution is 0.0630. The highest BCUT2D eigenvalue weighted by molar-refractivity contribution is 7.07. The number of rotatable bonds is 4. The summed E-state index contributed by atoms with van der Waals surface area (Å²) >= 11 is 1.73. The van der Waals surface area contributed by atoms with Gasteiger partial charge < -0.3 is 4.90 Å². The Morgan fingerprint density at radius 1 is 0.967 bits per heavy atom. The molecule has 0 unspecified atom stereocenters. The average Bonchev–Trinajstić information content (AvgIpc) is 3.32. The zero-order chi connectivity index (χ0) is 20.3. The number of carbonyl (C=O) groups is 1. The minimum absolute atomic E-state index is 0.0703. The van der Waals surface area contributed by atoms with Gasteiger partial charge in [-0.3, -0.25) is 14.7 Å². The zero-order valence-electron chi connectivity index (χ0n) is 16.6. The van der Waals surface area contributed by atoms with Crippen LogP contribution >= 0.6 is 11.3 Å². The Kier molecular flexibility index (Phi) is 5.26. The predicted octanol–water partition coefficient (Wildman–Crippen LogP) is 4.32. The lowest BCUT2D eigenvalue weighted by Gasteiger charge is -2.34. The van der Waals surface area contributed by atoms with Gasteiger partial charge in [-0.05, 0) is 46.7 Å². The van der Waals surface area contributed by atoms with Crippen molar-refractivity contribution in [2.45, 2.75) is 6.54 Å². The second-order valence-corrected chi connectivity index (χ2v) is 8.27. The van der Waals surface area contributed by atoms with Gasteiger partial charge in [0.05, 0.1) is 22.5 Å². The molecule has 0 spiro atoms. The number of hydrogen-bond donors (Lipinski definition) is 0. The van der Waals surface area contributed by atoms with Gasteiger partial charge in [0.15, 0.2) is 0 Å². The lowest BCUT2D eigenvalue weighted by Crippen LogP contribution is -2.48. The SMILES string of the molecule is O=C(c1cc(-c2ccccn2)nc2ccccc12)N1CCN(Cc2ccsc2)CC1. The summed E-state index contributed by atoms with van der Waals surface area (Å²) in [6.45, 7) is 4.19. The van der Waals surface area contributed by atoms with E-state index in [1.165, 1.54) is 5.56 Å². The van der Waals surface area contributed by atoms with Crippen LogP contribution in [-0.4, -0.2) is 51.9 Å². The average molecular weight is 415 g/mol. The van der Waals surface area contributed by atoms with Crippen LogP contribution in [0.25, 0.3) is 22.3 Å². The molecule has 4 heterocycles. The number of para-hydroxylation sites is 1. The van der Waals surface area contributed by atoms with Crippen LogP contribution in [0.4, 0.5) is 0 Å². The number of piperazine rings is 1. The summed E-state index contributed by atoms with van der Waals surface area (Å²) in [5, 5.41) is 5.20. The fourth-order valence-corrected chi connectivity index (χ4v) is 4.58. The molecule has 6 heteroatoms. The Morgan fingerprint density at radius 3 is 2.57 bits per heavy atom. The van der Waals surface area contributed by atoms with Gasteiger partial charge in [-0.25, -0.2) is 4.98 Å². The van der Waals surface area contributed by atoms with Crippen LogP contribution in [-0.2, 0) is 6.54 Å². The Labute approximate surface area is 179 Å². The molecule has 4 aromatic rings. The standard InChI is InChI=1S/C24H22N4OS/c29-24(28-12-10-27(11-13-28)16-18-8-14-30-17-18)20-15-23(22-7-3-4-9-25-22)26-21-6-2-1-5-19(20)21/h1-9,14-15,17H,10-13,16H2. The van der Waals surface area contributed by atoms with Crippen molar-refractivity contribution in [1.82, 2.24) is 19.8 Å². The first kappa shape index (κ1) is 18.9. The van der Waals surface area contributed by atoms with Crippen LogP contribution in [0.1, 0.15) is 15.9 Å². The maximum Gasteiger partial charge on any atom is 0.254 e. The summed E-state index contributed by atoms with van der Waals surface area (Å²) in [5.74, 6) is 0.0703. The number of benzene rings is 1. The van der Waals surface area contributed by atoms with Gasteiger partial charge in [-0.15, -0.1) is 0 Å². The Balaban J connectivity index is 1.40. The van der Waals surface area contributed by atoms with E-state index in [2.05, 4.69) is 26.7 Å². The lowest BCUT2D eigenvalue weighted by atomic mass is 10.0. The first-order valence-electron chi connectivity index (χ1n) is 10.1. The van der Waals surface area contributed by atoms with E-state index in [4.69, 9.17) is 4.98 Å². The summed E-state index contributed by atoms with van der Waals surface area (Å²) in [7, 11) is 0. The Morgan fingerprint density at radius 2 is 1.80 bits per heavy atom. The van der Waals surface area contributed by atoms with Crippen molar-refractivity contribution >= 4 is 28.1 Å². The van der Waals surface area contributed by atoms with Crippen molar-refractivity contribution in [3.63, 3.8) is 0 Å². The van der Waals surface area contributed by atoms with Crippen LogP contribution in [0.5, 0.6) is 0 Å². The number of aromatic nitrogens is 2. The van der Waals surface area contributed by atoms with Crippen molar-refractivity contribution in [1.29, 1.82) is 0 Å². The number of carbonyl (C=O) groups excluding carboxylic acids is 1. The van der Waals surface area contributed by atoms with Crippen LogP contribution in [0.3, 0.4) is 0 Å². The molecule has 5 nitrogen and oxygen atoms in total. The van der Waals surface area contributed by atoms with Crippen molar-refractivity contribution in [2.75, 3.05) is 26.2 Å². The number of fused-ring (bicyclic) bond motifs is 1. The molecule has 1 amide bonds. The number of thiophene rings is 1. The van der Waals surface area contributed by atoms with Gasteiger partial charge in [0.2, 0.25) is 0 Å². The summed E-state index contributed by atoms with van der Waals surface area (Å²) in [6, 6.07) is 17.7. The fraction of sp³-hybridized carbons (Fsp3) is 0.208. The van der Waals surface area contributed by atoms with Crippen LogP contribution in [0.15, 0.2) is 71.6 Å². The quantitative estimate of drug-likeness (QED) is 0.499. The van der Waals surface area contributed by atoms with Gasteiger partial charge in [0.1, 0.15) is 0 Å². The molecule has 0 bridgehead atoms. The molecule has 5 rings (SSSR count). The largest absolute Gasteiger partial charge is 0.336 e. The molecule has 1 aliphatic rings. The number of hydrogen-bond acceptors (Lipinski definition) is 5. The molecule has 0 N–H and O–H groups in total. The molecule has 30 heavy (non-hydrogen) atoms. The summed E-state index contributed by atoms with van der Waals surface area (Å²) in [5.41, 5.74) is 4.37. The van der Waals surface area contributed by atoms with E-state index >= 15 is 0 Å². The minimum atomic E-state index is 0.0703. The molecule has 150 valence electrons. The molecule has 0 atom stereocenters. The van der Waals surface area contributed by atoms with Crippen molar-refractivity contribution in [2.24, 2.45) is 0 Å². The third-order valence-electron chi connectivity index (χ3n) is 5.52. The molecule has 1 aromatic carbocycles. The highest BCUT2D eigenvalue weighted by atomic mass is 32.1. The normalized spacial score (nSPS) is 14.9. The van der Waals surface area contributed by atoms with Gasteiger partial charge >= 0.3 is 0 Å². The number of amides is 1. The smallest absolute Gasteiger partial charge is 0.254 e. The van der Waals surface area contributed by atoms with Crippen LogP contribution in [0.2, 0.25) is 0 Å². The van der Waals surface area contributed by atoms with E-state index in [1.54, 1.807) is 17.5 Å². The van der Waals surface area contributed by atoms with E-state index in [0.29, 0.717) is 5.56 Å². The Hall–Kier alpha value is -3.09. The van der Waals surface area contributed by atoms with Crippen LogP contribution in [0, 0.1) is 0 Å². The molecule has 0 aliphatic carbocycles. The molecule has 0 radical (unpaired) electrons.